The number of hydrogen-bond donors (Lipinski definition) is 0. The Balaban J connectivity index is 0.980. The highest BCUT2D eigenvalue weighted by molar-refractivity contribution is 6.16. The minimum atomic E-state index is -0.735. The number of nitrogens with zero attached hydrogens (tertiary/aromatic N) is 2. The molecule has 3 aliphatic carbocycles. The summed E-state index contributed by atoms with van der Waals surface area (Å²) >= 11 is 0. The molecule has 1 atom stereocenters. The van der Waals surface area contributed by atoms with Crippen molar-refractivity contribution in [2.75, 3.05) is 9.80 Å². The van der Waals surface area contributed by atoms with Gasteiger partial charge < -0.3 is 14.2 Å². The van der Waals surface area contributed by atoms with Crippen molar-refractivity contribution in [2.24, 2.45) is 0 Å². The Morgan fingerprint density at radius 3 is 1.52 bits per heavy atom. The molecular weight excluding hydrogens is 957 g/mol. The monoisotopic (exact) mass is 1010 g/mol. The van der Waals surface area contributed by atoms with Gasteiger partial charge in [0.25, 0.3) is 0 Å². The van der Waals surface area contributed by atoms with E-state index in [1.807, 2.05) is 0 Å². The maximum atomic E-state index is 6.71. The third-order valence-corrected chi connectivity index (χ3v) is 18.0. The first-order valence-electron chi connectivity index (χ1n) is 27.6. The van der Waals surface area contributed by atoms with Gasteiger partial charge in [0.2, 0.25) is 0 Å². The number of rotatable bonds is 4. The SMILES string of the molecule is CC1(C)c2ccccc2-c2ccc(N(c3ccc4c(c3)-c3ccccc3-c3ccccc3N4c3ccccc3)c3ccc4c(c3)C3(c5ccccc5-c5ccccc5-4)c4ccccc4-c4c3ccc3oc5ccccc5c43)cc21. The maximum Gasteiger partial charge on any atom is 0.136 e. The molecule has 0 N–H and O–H groups in total. The first-order chi connectivity index (χ1) is 39.0. The van der Waals surface area contributed by atoms with E-state index in [9.17, 15) is 0 Å². The summed E-state index contributed by atoms with van der Waals surface area (Å²) in [5.41, 5.74) is 30.0. The van der Waals surface area contributed by atoms with Gasteiger partial charge in [0, 0.05) is 50.1 Å². The standard InChI is InChI=1S/C76H50N2O/c1-75(2)63-31-15-10-27-56(63)58-40-37-49(45-67(58)75)77(48-38-42-70-62(44-48)54-25-9-8-24-53(54)59-28-13-18-34-69(59)78(70)47-20-4-3-5-21-47)50-36-39-57-52-23-7-6-22-51(52)55-26-11-16-32-64(55)76(68(57)46-50)65-33-17-12-29-60(65)73-66(76)41-43-72-74(73)61-30-14-19-35-71(61)79-72/h3-46H,1-2H3. The quantitative estimate of drug-likeness (QED) is 0.175. The Morgan fingerprint density at radius 1 is 0.316 bits per heavy atom. The van der Waals surface area contributed by atoms with Crippen molar-refractivity contribution in [3.8, 4) is 66.8 Å². The van der Waals surface area contributed by atoms with Crippen LogP contribution >= 0.6 is 0 Å². The number of fused-ring (bicyclic) bond motifs is 24. The normalized spacial score (nSPS) is 15.3. The summed E-state index contributed by atoms with van der Waals surface area (Å²) in [5.74, 6) is 0. The van der Waals surface area contributed by atoms with Crippen LogP contribution in [0.4, 0.5) is 34.1 Å². The highest BCUT2D eigenvalue weighted by Gasteiger charge is 2.51. The van der Waals surface area contributed by atoms with Crippen molar-refractivity contribution in [3.63, 3.8) is 0 Å². The molecule has 0 bridgehead atoms. The summed E-state index contributed by atoms with van der Waals surface area (Å²) in [4.78, 5) is 4.99. The third kappa shape index (κ3) is 5.97. The lowest BCUT2D eigenvalue weighted by Gasteiger charge is -2.37. The highest BCUT2D eigenvalue weighted by atomic mass is 16.3. The van der Waals surface area contributed by atoms with Gasteiger partial charge in [-0.15, -0.1) is 0 Å². The number of furan rings is 1. The number of benzene rings is 12. The van der Waals surface area contributed by atoms with Crippen LogP contribution in [0.3, 0.4) is 0 Å². The van der Waals surface area contributed by atoms with E-state index < -0.39 is 5.41 Å². The van der Waals surface area contributed by atoms with Crippen LogP contribution in [-0.2, 0) is 10.8 Å². The molecule has 12 aromatic carbocycles. The van der Waals surface area contributed by atoms with Crippen LogP contribution in [0.15, 0.2) is 271 Å². The van der Waals surface area contributed by atoms with Crippen LogP contribution in [-0.4, -0.2) is 0 Å². The fraction of sp³-hybridized carbons (Fsp3) is 0.0526. The minimum absolute atomic E-state index is 0.215. The van der Waals surface area contributed by atoms with Gasteiger partial charge in [0.15, 0.2) is 0 Å². The van der Waals surface area contributed by atoms with Crippen molar-refractivity contribution in [1.29, 1.82) is 0 Å². The van der Waals surface area contributed by atoms with Crippen molar-refractivity contribution in [3.05, 3.63) is 300 Å². The first-order valence-corrected chi connectivity index (χ1v) is 27.6. The smallest absolute Gasteiger partial charge is 0.136 e. The molecular formula is C76H50N2O. The Labute approximate surface area is 459 Å². The van der Waals surface area contributed by atoms with Gasteiger partial charge in [-0.1, -0.05) is 208 Å². The molecule has 0 fully saturated rings. The van der Waals surface area contributed by atoms with E-state index in [2.05, 4.69) is 291 Å². The highest BCUT2D eigenvalue weighted by Crippen LogP contribution is 2.64. The third-order valence-electron chi connectivity index (χ3n) is 18.0. The van der Waals surface area contributed by atoms with Crippen LogP contribution in [0, 0.1) is 0 Å². The first kappa shape index (κ1) is 44.2. The lowest BCUT2D eigenvalue weighted by atomic mass is 9.65. The van der Waals surface area contributed by atoms with E-state index in [0.29, 0.717) is 0 Å². The van der Waals surface area contributed by atoms with Crippen LogP contribution in [0.1, 0.15) is 47.2 Å². The molecule has 1 unspecified atom stereocenters. The molecule has 3 heteroatoms. The van der Waals surface area contributed by atoms with Crippen molar-refractivity contribution >= 4 is 56.1 Å². The predicted octanol–water partition coefficient (Wildman–Crippen LogP) is 20.5. The molecule has 0 saturated carbocycles. The topological polar surface area (TPSA) is 19.6 Å². The van der Waals surface area contributed by atoms with E-state index in [4.69, 9.17) is 4.42 Å². The molecule has 79 heavy (non-hydrogen) atoms. The van der Waals surface area contributed by atoms with Crippen molar-refractivity contribution in [2.45, 2.75) is 24.7 Å². The van der Waals surface area contributed by atoms with Crippen LogP contribution in [0.5, 0.6) is 0 Å². The fourth-order valence-electron chi connectivity index (χ4n) is 14.7. The number of hydrogen-bond acceptors (Lipinski definition) is 3. The number of para-hydroxylation sites is 3. The number of anilines is 6. The second kappa shape index (κ2) is 16.3. The molecule has 4 aliphatic rings. The molecule has 1 aromatic heterocycles. The lowest BCUT2D eigenvalue weighted by molar-refractivity contribution is 0.660. The van der Waals surface area contributed by atoms with Gasteiger partial charge in [-0.3, -0.25) is 0 Å². The summed E-state index contributed by atoms with van der Waals surface area (Å²) in [6, 6.07) is 99.9. The Bertz CT molecular complexity index is 4730. The van der Waals surface area contributed by atoms with E-state index >= 15 is 0 Å². The van der Waals surface area contributed by atoms with Gasteiger partial charge in [0.05, 0.1) is 16.8 Å². The zero-order chi connectivity index (χ0) is 52.1. The van der Waals surface area contributed by atoms with Crippen molar-refractivity contribution < 1.29 is 4.42 Å². The summed E-state index contributed by atoms with van der Waals surface area (Å²) in [7, 11) is 0. The van der Waals surface area contributed by atoms with E-state index in [-0.39, 0.29) is 5.41 Å². The molecule has 0 amide bonds. The van der Waals surface area contributed by atoms with Gasteiger partial charge in [-0.05, 0) is 162 Å². The average Bonchev–Trinajstić information content (AvgIpc) is 4.26. The van der Waals surface area contributed by atoms with Gasteiger partial charge in [0.1, 0.15) is 11.2 Å². The Morgan fingerprint density at radius 2 is 0.797 bits per heavy atom. The van der Waals surface area contributed by atoms with Crippen LogP contribution in [0.2, 0.25) is 0 Å². The van der Waals surface area contributed by atoms with Gasteiger partial charge in [-0.2, -0.15) is 0 Å². The van der Waals surface area contributed by atoms with E-state index in [1.165, 1.54) is 94.6 Å². The lowest BCUT2D eigenvalue weighted by Crippen LogP contribution is -2.29. The summed E-state index contributed by atoms with van der Waals surface area (Å²) in [6.07, 6.45) is 0. The van der Waals surface area contributed by atoms with E-state index in [0.717, 1.165) is 61.6 Å². The molecule has 2 heterocycles. The van der Waals surface area contributed by atoms with Gasteiger partial charge in [-0.25, -0.2) is 0 Å². The van der Waals surface area contributed by atoms with Crippen LogP contribution in [0.25, 0.3) is 88.7 Å². The molecule has 3 nitrogen and oxygen atoms in total. The predicted molar refractivity (Wildman–Crippen MR) is 327 cm³/mol. The maximum absolute atomic E-state index is 6.71. The summed E-state index contributed by atoms with van der Waals surface area (Å²) in [5, 5.41) is 2.29. The summed E-state index contributed by atoms with van der Waals surface area (Å²) in [6.45, 7) is 4.77. The average molecular weight is 1010 g/mol. The van der Waals surface area contributed by atoms with Gasteiger partial charge >= 0.3 is 0 Å². The van der Waals surface area contributed by atoms with Crippen molar-refractivity contribution in [1.82, 2.24) is 0 Å². The minimum Gasteiger partial charge on any atom is -0.456 e. The second-order valence-electron chi connectivity index (χ2n) is 22.2. The molecule has 1 aliphatic heterocycles. The molecule has 370 valence electrons. The largest absolute Gasteiger partial charge is 0.456 e. The molecule has 13 aromatic rings. The Kier molecular flexibility index (Phi) is 9.11. The zero-order valence-corrected chi connectivity index (χ0v) is 43.7. The molecule has 0 saturated heterocycles. The van der Waals surface area contributed by atoms with E-state index in [1.54, 1.807) is 0 Å². The summed E-state index contributed by atoms with van der Waals surface area (Å²) < 4.78 is 6.71. The fourth-order valence-corrected chi connectivity index (χ4v) is 14.7. The zero-order valence-electron chi connectivity index (χ0n) is 43.7. The molecule has 17 rings (SSSR count). The Hall–Kier alpha value is -9.96. The molecule has 0 radical (unpaired) electrons. The second-order valence-corrected chi connectivity index (χ2v) is 22.2. The molecule has 1 spiro atoms. The van der Waals surface area contributed by atoms with Crippen LogP contribution < -0.4 is 9.80 Å².